The first kappa shape index (κ1) is 18.3. The summed E-state index contributed by atoms with van der Waals surface area (Å²) in [6, 6.07) is 8.49. The average Bonchev–Trinajstić information content (AvgIpc) is 3.14. The quantitative estimate of drug-likeness (QED) is 0.576. The number of nitrogens with zero attached hydrogens (tertiary/aromatic N) is 4. The van der Waals surface area contributed by atoms with E-state index in [-0.39, 0.29) is 11.4 Å². The van der Waals surface area contributed by atoms with Crippen LogP contribution in [0.1, 0.15) is 25.3 Å². The Bertz CT molecular complexity index is 804. The first-order valence-corrected chi connectivity index (χ1v) is 9.65. The van der Waals surface area contributed by atoms with E-state index in [0.29, 0.717) is 18.5 Å². The summed E-state index contributed by atoms with van der Waals surface area (Å²) in [6.07, 6.45) is 4.88. The van der Waals surface area contributed by atoms with Crippen LogP contribution < -0.4 is 4.74 Å². The second-order valence-corrected chi connectivity index (χ2v) is 8.31. The van der Waals surface area contributed by atoms with Gasteiger partial charge in [0.15, 0.2) is 0 Å². The van der Waals surface area contributed by atoms with E-state index in [1.807, 2.05) is 19.1 Å². The number of likely N-dealkylation sites (tertiary alicyclic amines) is 1. The standard InChI is InChI=1S/C19H23ClN4O3/c1-19(13-23-11-17(24(25)26)21-18(23)27-19)12-22-8-6-15(7-9-22)10-14-2-4-16(20)5-3-14/h2-5,11,15H,6-10,12-13H2,1H3. The predicted octanol–water partition coefficient (Wildman–Crippen LogP) is 3.55. The van der Waals surface area contributed by atoms with Crippen LogP contribution in [-0.2, 0) is 13.0 Å². The van der Waals surface area contributed by atoms with E-state index in [1.165, 1.54) is 11.8 Å². The van der Waals surface area contributed by atoms with Crippen LogP contribution in [0.5, 0.6) is 6.01 Å². The minimum Gasteiger partial charge on any atom is -0.436 e. The number of halogens is 1. The van der Waals surface area contributed by atoms with Gasteiger partial charge in [0.25, 0.3) is 0 Å². The fourth-order valence-electron chi connectivity index (χ4n) is 4.14. The monoisotopic (exact) mass is 390 g/mol. The maximum Gasteiger partial charge on any atom is 0.415 e. The minimum absolute atomic E-state index is 0.157. The molecule has 0 bridgehead atoms. The van der Waals surface area contributed by atoms with Crippen molar-refractivity contribution in [3.8, 4) is 6.01 Å². The zero-order valence-corrected chi connectivity index (χ0v) is 16.1. The maximum atomic E-state index is 10.8. The molecule has 1 atom stereocenters. The smallest absolute Gasteiger partial charge is 0.415 e. The average molecular weight is 391 g/mol. The number of rotatable bonds is 5. The lowest BCUT2D eigenvalue weighted by Gasteiger charge is -2.36. The van der Waals surface area contributed by atoms with Crippen molar-refractivity contribution in [2.45, 2.75) is 38.3 Å². The van der Waals surface area contributed by atoms with Crippen molar-refractivity contribution in [1.29, 1.82) is 0 Å². The number of nitro groups is 1. The largest absolute Gasteiger partial charge is 0.436 e. The molecule has 0 amide bonds. The van der Waals surface area contributed by atoms with E-state index in [9.17, 15) is 10.1 Å². The normalized spacial score (nSPS) is 23.2. The molecule has 7 nitrogen and oxygen atoms in total. The van der Waals surface area contributed by atoms with Crippen molar-refractivity contribution in [2.75, 3.05) is 19.6 Å². The molecule has 1 aromatic heterocycles. The first-order valence-electron chi connectivity index (χ1n) is 9.28. The molecule has 0 aliphatic carbocycles. The first-order chi connectivity index (χ1) is 12.9. The van der Waals surface area contributed by atoms with Crippen LogP contribution in [-0.4, -0.2) is 44.6 Å². The predicted molar refractivity (Wildman–Crippen MR) is 102 cm³/mol. The highest BCUT2D eigenvalue weighted by Gasteiger charge is 2.41. The molecule has 2 aliphatic heterocycles. The third kappa shape index (κ3) is 4.09. The molecule has 8 heteroatoms. The van der Waals surface area contributed by atoms with E-state index in [0.717, 1.165) is 43.9 Å². The summed E-state index contributed by atoms with van der Waals surface area (Å²) in [6.45, 7) is 5.53. The second kappa shape index (κ2) is 7.13. The summed E-state index contributed by atoms with van der Waals surface area (Å²) in [5, 5.41) is 11.6. The van der Waals surface area contributed by atoms with Gasteiger partial charge in [-0.25, -0.2) is 0 Å². The molecular weight excluding hydrogens is 368 g/mol. The van der Waals surface area contributed by atoms with Gasteiger partial charge in [-0.05, 0) is 67.8 Å². The molecule has 2 aliphatic rings. The fraction of sp³-hybridized carbons (Fsp3) is 0.526. The van der Waals surface area contributed by atoms with Gasteiger partial charge in [0.05, 0.1) is 6.54 Å². The highest BCUT2D eigenvalue weighted by Crippen LogP contribution is 2.32. The Morgan fingerprint density at radius 1 is 1.33 bits per heavy atom. The lowest BCUT2D eigenvalue weighted by molar-refractivity contribution is -0.389. The van der Waals surface area contributed by atoms with Gasteiger partial charge in [0, 0.05) is 16.6 Å². The highest BCUT2D eigenvalue weighted by molar-refractivity contribution is 6.30. The number of benzene rings is 1. The molecule has 27 heavy (non-hydrogen) atoms. The van der Waals surface area contributed by atoms with Crippen molar-refractivity contribution < 1.29 is 9.66 Å². The number of aromatic nitrogens is 2. The van der Waals surface area contributed by atoms with Crippen molar-refractivity contribution in [2.24, 2.45) is 5.92 Å². The third-order valence-electron chi connectivity index (χ3n) is 5.46. The number of hydrogen-bond donors (Lipinski definition) is 0. The van der Waals surface area contributed by atoms with Crippen molar-refractivity contribution in [1.82, 2.24) is 14.5 Å². The molecule has 4 rings (SSSR count). The Labute approximate surface area is 163 Å². The van der Waals surface area contributed by atoms with Crippen LogP contribution in [0.2, 0.25) is 5.02 Å². The Morgan fingerprint density at radius 3 is 2.67 bits per heavy atom. The molecule has 0 saturated carbocycles. The van der Waals surface area contributed by atoms with Crippen LogP contribution in [0.4, 0.5) is 5.82 Å². The van der Waals surface area contributed by atoms with Crippen molar-refractivity contribution in [3.05, 3.63) is 51.2 Å². The van der Waals surface area contributed by atoms with Gasteiger partial charge in [0.2, 0.25) is 0 Å². The van der Waals surface area contributed by atoms with Gasteiger partial charge in [-0.15, -0.1) is 0 Å². The molecule has 3 heterocycles. The number of imidazole rings is 1. The molecule has 2 aromatic rings. The van der Waals surface area contributed by atoms with Gasteiger partial charge < -0.3 is 14.9 Å². The lowest BCUT2D eigenvalue weighted by Crippen LogP contribution is -2.47. The van der Waals surface area contributed by atoms with E-state index < -0.39 is 4.92 Å². The molecule has 1 aromatic carbocycles. The Balaban J connectivity index is 1.28. The second-order valence-electron chi connectivity index (χ2n) is 7.87. The molecular formula is C19H23ClN4O3. The minimum atomic E-state index is -0.489. The molecule has 144 valence electrons. The van der Waals surface area contributed by atoms with Crippen molar-refractivity contribution >= 4 is 17.4 Å². The lowest BCUT2D eigenvalue weighted by atomic mass is 9.89. The van der Waals surface area contributed by atoms with Crippen LogP contribution in [0.3, 0.4) is 0 Å². The zero-order chi connectivity index (χ0) is 19.0. The van der Waals surface area contributed by atoms with Crippen LogP contribution in [0, 0.1) is 16.0 Å². The maximum absolute atomic E-state index is 10.8. The van der Waals surface area contributed by atoms with Crippen molar-refractivity contribution in [3.63, 3.8) is 0 Å². The SMILES string of the molecule is CC1(CN2CCC(Cc3ccc(Cl)cc3)CC2)Cn2cc([N+](=O)[O-])nc2O1. The summed E-state index contributed by atoms with van der Waals surface area (Å²) in [5.41, 5.74) is 0.955. The molecule has 0 spiro atoms. The van der Waals surface area contributed by atoms with Gasteiger partial charge in [0.1, 0.15) is 11.8 Å². The van der Waals surface area contributed by atoms with Crippen LogP contribution in [0.25, 0.3) is 0 Å². The van der Waals surface area contributed by atoms with E-state index >= 15 is 0 Å². The highest BCUT2D eigenvalue weighted by atomic mass is 35.5. The van der Waals surface area contributed by atoms with Gasteiger partial charge >= 0.3 is 11.8 Å². The number of ether oxygens (including phenoxy) is 1. The number of piperidine rings is 1. The fourth-order valence-corrected chi connectivity index (χ4v) is 4.27. The van der Waals surface area contributed by atoms with Crippen LogP contribution >= 0.6 is 11.6 Å². The van der Waals surface area contributed by atoms with E-state index in [4.69, 9.17) is 16.3 Å². The summed E-state index contributed by atoms with van der Waals surface area (Å²) in [5.74, 6) is 0.535. The molecule has 1 fully saturated rings. The summed E-state index contributed by atoms with van der Waals surface area (Å²) >= 11 is 5.96. The number of hydrogen-bond acceptors (Lipinski definition) is 5. The summed E-state index contributed by atoms with van der Waals surface area (Å²) < 4.78 is 7.70. The molecule has 0 N–H and O–H groups in total. The Morgan fingerprint density at radius 2 is 2.04 bits per heavy atom. The van der Waals surface area contributed by atoms with E-state index in [2.05, 4.69) is 22.0 Å². The van der Waals surface area contributed by atoms with E-state index in [1.54, 1.807) is 4.57 Å². The summed E-state index contributed by atoms with van der Waals surface area (Å²) in [7, 11) is 0. The molecule has 1 unspecified atom stereocenters. The van der Waals surface area contributed by atoms with Crippen LogP contribution in [0.15, 0.2) is 30.5 Å². The number of fused-ring (bicyclic) bond motifs is 1. The topological polar surface area (TPSA) is 73.4 Å². The van der Waals surface area contributed by atoms with Gasteiger partial charge in [-0.3, -0.25) is 9.47 Å². The van der Waals surface area contributed by atoms with Gasteiger partial charge in [-0.2, -0.15) is 0 Å². The molecule has 1 saturated heterocycles. The Kier molecular flexibility index (Phi) is 4.82. The zero-order valence-electron chi connectivity index (χ0n) is 15.3. The molecule has 0 radical (unpaired) electrons. The summed E-state index contributed by atoms with van der Waals surface area (Å²) in [4.78, 5) is 16.7. The van der Waals surface area contributed by atoms with Gasteiger partial charge in [-0.1, -0.05) is 23.7 Å². The Hall–Kier alpha value is -2.12. The third-order valence-corrected chi connectivity index (χ3v) is 5.71.